The van der Waals surface area contributed by atoms with Gasteiger partial charge in [-0.15, -0.1) is 0 Å². The zero-order chi connectivity index (χ0) is 18.5. The number of nitrogens with one attached hydrogen (secondary N) is 1. The number of hydrogen-bond acceptors (Lipinski definition) is 5. The normalized spacial score (nSPS) is 26.3. The van der Waals surface area contributed by atoms with Crippen LogP contribution in [0.1, 0.15) is 36.0 Å². The van der Waals surface area contributed by atoms with E-state index in [1.807, 2.05) is 0 Å². The summed E-state index contributed by atoms with van der Waals surface area (Å²) in [7, 11) is 3.77. The van der Waals surface area contributed by atoms with Crippen molar-refractivity contribution < 1.29 is 14.6 Å². The molecule has 2 unspecified atom stereocenters. The molecule has 26 heavy (non-hydrogen) atoms. The number of nitrogens with zero attached hydrogens (tertiary/aromatic N) is 2. The van der Waals surface area contributed by atoms with Gasteiger partial charge in [0, 0.05) is 18.2 Å². The van der Waals surface area contributed by atoms with Crippen molar-refractivity contribution in [3.8, 4) is 5.75 Å². The summed E-state index contributed by atoms with van der Waals surface area (Å²) >= 11 is 0. The van der Waals surface area contributed by atoms with Gasteiger partial charge in [0.2, 0.25) is 0 Å². The van der Waals surface area contributed by atoms with Gasteiger partial charge in [-0.1, -0.05) is 0 Å². The number of benzene rings is 1. The molecule has 0 saturated carbocycles. The minimum absolute atomic E-state index is 0.137. The fourth-order valence-corrected chi connectivity index (χ4v) is 4.00. The molecule has 1 amide bonds. The van der Waals surface area contributed by atoms with Crippen molar-refractivity contribution in [3.63, 3.8) is 0 Å². The number of ether oxygens (including phenoxy) is 1. The Morgan fingerprint density at radius 3 is 2.50 bits per heavy atom. The molecule has 0 spiro atoms. The van der Waals surface area contributed by atoms with Gasteiger partial charge in [-0.25, -0.2) is 0 Å². The zero-order valence-corrected chi connectivity index (χ0v) is 15.9. The second-order valence-corrected chi connectivity index (χ2v) is 7.55. The lowest BCUT2D eigenvalue weighted by molar-refractivity contribution is 0.0723. The first-order chi connectivity index (χ1) is 12.6. The first kappa shape index (κ1) is 19.1. The number of hydrogen-bond donors (Lipinski definition) is 2. The molecule has 6 nitrogen and oxygen atoms in total. The molecule has 2 heterocycles. The Labute approximate surface area is 156 Å². The van der Waals surface area contributed by atoms with Gasteiger partial charge in [0.15, 0.2) is 0 Å². The number of likely N-dealkylation sites (tertiary alicyclic amines) is 2. The van der Waals surface area contributed by atoms with Crippen molar-refractivity contribution in [1.29, 1.82) is 0 Å². The van der Waals surface area contributed by atoms with Crippen LogP contribution in [0.2, 0.25) is 0 Å². The molecule has 144 valence electrons. The molecule has 0 aromatic heterocycles. The maximum absolute atomic E-state index is 12.6. The predicted molar refractivity (Wildman–Crippen MR) is 102 cm³/mol. The van der Waals surface area contributed by atoms with Crippen LogP contribution in [0.5, 0.6) is 5.75 Å². The quantitative estimate of drug-likeness (QED) is 0.847. The maximum atomic E-state index is 12.6. The van der Waals surface area contributed by atoms with Crippen molar-refractivity contribution in [3.05, 3.63) is 29.8 Å². The maximum Gasteiger partial charge on any atom is 0.251 e. The fourth-order valence-electron chi connectivity index (χ4n) is 4.00. The molecule has 2 aliphatic heterocycles. The highest BCUT2D eigenvalue weighted by Gasteiger charge is 2.31. The largest absolute Gasteiger partial charge is 0.497 e. The van der Waals surface area contributed by atoms with Crippen LogP contribution in [0.3, 0.4) is 0 Å². The van der Waals surface area contributed by atoms with E-state index >= 15 is 0 Å². The lowest BCUT2D eigenvalue weighted by atomic mass is 10.0. The summed E-state index contributed by atoms with van der Waals surface area (Å²) in [5.74, 6) is 0.589. The number of piperidine rings is 1. The summed E-state index contributed by atoms with van der Waals surface area (Å²) in [6, 6.07) is 7.40. The van der Waals surface area contributed by atoms with E-state index in [-0.39, 0.29) is 11.9 Å². The standard InChI is InChI=1S/C20H31N3O3/c1-22-12-9-16(10-13-22)23-11-3-4-19(24)18(14-23)21-20(25)15-5-7-17(26-2)8-6-15/h5-8,16,18-19,24H,3-4,9-14H2,1-2H3,(H,21,25). The van der Waals surface area contributed by atoms with Crippen molar-refractivity contribution in [1.82, 2.24) is 15.1 Å². The topological polar surface area (TPSA) is 65.0 Å². The second-order valence-electron chi connectivity index (χ2n) is 7.55. The summed E-state index contributed by atoms with van der Waals surface area (Å²) < 4.78 is 5.14. The molecule has 2 fully saturated rings. The number of carbonyl (C=O) groups is 1. The molecule has 1 aromatic rings. The van der Waals surface area contributed by atoms with E-state index < -0.39 is 6.10 Å². The smallest absolute Gasteiger partial charge is 0.251 e. The van der Waals surface area contributed by atoms with E-state index in [1.54, 1.807) is 31.4 Å². The summed E-state index contributed by atoms with van der Waals surface area (Å²) in [6.07, 6.45) is 3.53. The monoisotopic (exact) mass is 361 g/mol. The van der Waals surface area contributed by atoms with Gasteiger partial charge in [0.05, 0.1) is 19.3 Å². The van der Waals surface area contributed by atoms with Crippen LogP contribution >= 0.6 is 0 Å². The van der Waals surface area contributed by atoms with Crippen molar-refractivity contribution in [2.75, 3.05) is 40.3 Å². The molecule has 0 bridgehead atoms. The van der Waals surface area contributed by atoms with Gasteiger partial charge in [0.1, 0.15) is 5.75 Å². The Morgan fingerprint density at radius 1 is 1.15 bits per heavy atom. The molecule has 0 radical (unpaired) electrons. The summed E-state index contributed by atoms with van der Waals surface area (Å²) in [4.78, 5) is 17.4. The zero-order valence-electron chi connectivity index (χ0n) is 15.9. The predicted octanol–water partition coefficient (Wildman–Crippen LogP) is 1.34. The average molecular weight is 361 g/mol. The molecule has 6 heteroatoms. The molecule has 2 saturated heterocycles. The first-order valence-electron chi connectivity index (χ1n) is 9.62. The molecule has 2 atom stereocenters. The number of methoxy groups -OCH3 is 1. The SMILES string of the molecule is COc1ccc(C(=O)NC2CN(C3CCN(C)CC3)CCCC2O)cc1. The van der Waals surface area contributed by atoms with Crippen LogP contribution in [-0.2, 0) is 0 Å². The summed E-state index contributed by atoms with van der Waals surface area (Å²) in [5.41, 5.74) is 0.591. The lowest BCUT2D eigenvalue weighted by Gasteiger charge is -2.38. The van der Waals surface area contributed by atoms with Crippen LogP contribution in [-0.4, -0.2) is 79.3 Å². The lowest BCUT2D eigenvalue weighted by Crippen LogP contribution is -2.52. The Balaban J connectivity index is 1.63. The molecule has 2 aliphatic rings. The van der Waals surface area contributed by atoms with Gasteiger partial charge in [0.25, 0.3) is 5.91 Å². The second kappa shape index (κ2) is 8.84. The van der Waals surface area contributed by atoms with Crippen LogP contribution in [0, 0.1) is 0 Å². The fraction of sp³-hybridized carbons (Fsp3) is 0.650. The van der Waals surface area contributed by atoms with E-state index in [1.165, 1.54) is 0 Å². The molecular weight excluding hydrogens is 330 g/mol. The summed E-state index contributed by atoms with van der Waals surface area (Å²) in [5, 5.41) is 13.6. The number of aliphatic hydroxyl groups excluding tert-OH is 1. The van der Waals surface area contributed by atoms with E-state index in [0.717, 1.165) is 57.6 Å². The van der Waals surface area contributed by atoms with Crippen LogP contribution in [0.4, 0.5) is 0 Å². The minimum Gasteiger partial charge on any atom is -0.497 e. The van der Waals surface area contributed by atoms with E-state index in [0.29, 0.717) is 11.6 Å². The average Bonchev–Trinajstić information content (AvgIpc) is 2.84. The van der Waals surface area contributed by atoms with Gasteiger partial charge < -0.3 is 20.1 Å². The number of amides is 1. The summed E-state index contributed by atoms with van der Waals surface area (Å²) in [6.45, 7) is 3.96. The highest BCUT2D eigenvalue weighted by Crippen LogP contribution is 2.21. The third-order valence-electron chi connectivity index (χ3n) is 5.71. The van der Waals surface area contributed by atoms with Gasteiger partial charge >= 0.3 is 0 Å². The van der Waals surface area contributed by atoms with Gasteiger partial charge in [-0.05, 0) is 76.6 Å². The van der Waals surface area contributed by atoms with Gasteiger partial charge in [-0.3, -0.25) is 9.69 Å². The Bertz CT molecular complexity index is 584. The molecule has 1 aromatic carbocycles. The first-order valence-corrected chi connectivity index (χ1v) is 9.62. The van der Waals surface area contributed by atoms with Crippen LogP contribution in [0.25, 0.3) is 0 Å². The highest BCUT2D eigenvalue weighted by molar-refractivity contribution is 5.94. The highest BCUT2D eigenvalue weighted by atomic mass is 16.5. The minimum atomic E-state index is -0.492. The van der Waals surface area contributed by atoms with Crippen LogP contribution < -0.4 is 10.1 Å². The molecule has 3 rings (SSSR count). The molecule has 0 aliphatic carbocycles. The van der Waals surface area contributed by atoms with E-state index in [4.69, 9.17) is 4.74 Å². The third-order valence-corrected chi connectivity index (χ3v) is 5.71. The molecular formula is C20H31N3O3. The van der Waals surface area contributed by atoms with E-state index in [2.05, 4.69) is 22.2 Å². The Morgan fingerprint density at radius 2 is 1.85 bits per heavy atom. The number of aliphatic hydroxyl groups is 1. The van der Waals surface area contributed by atoms with Crippen molar-refractivity contribution >= 4 is 5.91 Å². The van der Waals surface area contributed by atoms with Crippen LogP contribution in [0.15, 0.2) is 24.3 Å². The number of rotatable bonds is 4. The van der Waals surface area contributed by atoms with Gasteiger partial charge in [-0.2, -0.15) is 0 Å². The van der Waals surface area contributed by atoms with E-state index in [9.17, 15) is 9.90 Å². The van der Waals surface area contributed by atoms with Crippen molar-refractivity contribution in [2.24, 2.45) is 0 Å². The third kappa shape index (κ3) is 4.75. The number of carbonyl (C=O) groups excluding carboxylic acids is 1. The molecule has 2 N–H and O–H groups in total. The Hall–Kier alpha value is -1.63. The Kier molecular flexibility index (Phi) is 6.51. The van der Waals surface area contributed by atoms with Crippen molar-refractivity contribution in [2.45, 2.75) is 43.9 Å².